The molecule has 0 aliphatic carbocycles. The number of anilines is 1. The fourth-order valence-corrected chi connectivity index (χ4v) is 3.72. The third kappa shape index (κ3) is 3.19. The second-order valence-corrected chi connectivity index (χ2v) is 6.84. The van der Waals surface area contributed by atoms with Gasteiger partial charge in [0, 0.05) is 23.0 Å². The SMILES string of the molecule is CCOc1ccc(C2CC(=O)N(c3ccc(Cl)cc3)C3=C2C(=O)OC3)cc1. The Morgan fingerprint density at radius 3 is 2.48 bits per heavy atom. The molecule has 1 unspecified atom stereocenters. The molecular formula is C21H18ClNO4. The van der Waals surface area contributed by atoms with E-state index < -0.39 is 0 Å². The van der Waals surface area contributed by atoms with E-state index in [9.17, 15) is 9.59 Å². The first-order valence-corrected chi connectivity index (χ1v) is 9.17. The Hall–Kier alpha value is -2.79. The summed E-state index contributed by atoms with van der Waals surface area (Å²) in [5.41, 5.74) is 2.74. The molecule has 1 atom stereocenters. The van der Waals surface area contributed by atoms with Crippen molar-refractivity contribution in [3.63, 3.8) is 0 Å². The standard InChI is InChI=1S/C21H18ClNO4/c1-2-26-16-9-3-13(4-10-16)17-11-19(24)23(15-7-5-14(22)6-8-15)18-12-27-21(25)20(17)18/h3-10,17H,2,11-12H2,1H3. The number of carbonyl (C=O) groups is 2. The van der Waals surface area contributed by atoms with E-state index in [1.165, 1.54) is 0 Å². The summed E-state index contributed by atoms with van der Waals surface area (Å²) in [6.07, 6.45) is 0.199. The molecule has 0 radical (unpaired) electrons. The van der Waals surface area contributed by atoms with Crippen molar-refractivity contribution in [2.24, 2.45) is 0 Å². The zero-order valence-corrected chi connectivity index (χ0v) is 15.5. The summed E-state index contributed by atoms with van der Waals surface area (Å²) >= 11 is 5.96. The van der Waals surface area contributed by atoms with Crippen molar-refractivity contribution >= 4 is 29.2 Å². The number of cyclic esters (lactones) is 1. The van der Waals surface area contributed by atoms with Crippen molar-refractivity contribution in [3.05, 3.63) is 70.4 Å². The van der Waals surface area contributed by atoms with Gasteiger partial charge in [0.2, 0.25) is 5.91 Å². The lowest BCUT2D eigenvalue weighted by Gasteiger charge is -2.32. The van der Waals surface area contributed by atoms with Crippen molar-refractivity contribution in [1.29, 1.82) is 0 Å². The second-order valence-electron chi connectivity index (χ2n) is 6.40. The molecule has 0 N–H and O–H groups in total. The second kappa shape index (κ2) is 7.08. The number of carbonyl (C=O) groups excluding carboxylic acids is 2. The molecule has 2 aromatic carbocycles. The van der Waals surface area contributed by atoms with Gasteiger partial charge in [-0.1, -0.05) is 23.7 Å². The molecule has 2 heterocycles. The lowest BCUT2D eigenvalue weighted by molar-refractivity contribution is -0.136. The van der Waals surface area contributed by atoms with Gasteiger partial charge in [-0.3, -0.25) is 9.69 Å². The van der Waals surface area contributed by atoms with Crippen LogP contribution in [0.5, 0.6) is 5.75 Å². The lowest BCUT2D eigenvalue weighted by Crippen LogP contribution is -2.37. The van der Waals surface area contributed by atoms with Gasteiger partial charge in [-0.05, 0) is 48.9 Å². The van der Waals surface area contributed by atoms with E-state index in [0.29, 0.717) is 28.6 Å². The number of esters is 1. The quantitative estimate of drug-likeness (QED) is 0.747. The Balaban J connectivity index is 1.74. The van der Waals surface area contributed by atoms with E-state index in [4.69, 9.17) is 21.1 Å². The highest BCUT2D eigenvalue weighted by molar-refractivity contribution is 6.30. The molecule has 0 fully saturated rings. The lowest BCUT2D eigenvalue weighted by atomic mass is 9.84. The normalized spacial score (nSPS) is 19.2. The van der Waals surface area contributed by atoms with Crippen molar-refractivity contribution in [3.8, 4) is 5.75 Å². The fraction of sp³-hybridized carbons (Fsp3) is 0.238. The van der Waals surface area contributed by atoms with Gasteiger partial charge in [0.15, 0.2) is 0 Å². The van der Waals surface area contributed by atoms with Gasteiger partial charge in [0.25, 0.3) is 0 Å². The summed E-state index contributed by atoms with van der Waals surface area (Å²) in [5, 5.41) is 0.587. The molecule has 0 bridgehead atoms. The fourth-order valence-electron chi connectivity index (χ4n) is 3.59. The van der Waals surface area contributed by atoms with Crippen molar-refractivity contribution in [2.75, 3.05) is 18.1 Å². The Bertz CT molecular complexity index is 918. The van der Waals surface area contributed by atoms with Gasteiger partial charge in [-0.25, -0.2) is 4.79 Å². The molecule has 4 rings (SSSR count). The highest BCUT2D eigenvalue weighted by Crippen LogP contribution is 2.42. The largest absolute Gasteiger partial charge is 0.494 e. The van der Waals surface area contributed by atoms with E-state index in [-0.39, 0.29) is 30.8 Å². The molecule has 0 saturated carbocycles. The number of ether oxygens (including phenoxy) is 2. The third-order valence-corrected chi connectivity index (χ3v) is 5.05. The van der Waals surface area contributed by atoms with Crippen LogP contribution in [-0.2, 0) is 14.3 Å². The topological polar surface area (TPSA) is 55.8 Å². The Kier molecular flexibility index (Phi) is 4.62. The van der Waals surface area contributed by atoms with Gasteiger partial charge in [0.05, 0.1) is 17.9 Å². The van der Waals surface area contributed by atoms with Crippen molar-refractivity contribution in [2.45, 2.75) is 19.3 Å². The zero-order chi connectivity index (χ0) is 19.0. The summed E-state index contributed by atoms with van der Waals surface area (Å²) in [4.78, 5) is 27.0. The molecular weight excluding hydrogens is 366 g/mol. The average Bonchev–Trinajstić information content (AvgIpc) is 3.05. The third-order valence-electron chi connectivity index (χ3n) is 4.80. The van der Waals surface area contributed by atoms with Gasteiger partial charge in [0.1, 0.15) is 12.4 Å². The molecule has 0 saturated heterocycles. The van der Waals surface area contributed by atoms with Gasteiger partial charge in [-0.2, -0.15) is 0 Å². The van der Waals surface area contributed by atoms with Gasteiger partial charge in [-0.15, -0.1) is 0 Å². The Labute approximate surface area is 162 Å². The molecule has 6 heteroatoms. The zero-order valence-electron chi connectivity index (χ0n) is 14.8. The number of amides is 1. The molecule has 0 aromatic heterocycles. The van der Waals surface area contributed by atoms with Crippen LogP contribution in [0.3, 0.4) is 0 Å². The van der Waals surface area contributed by atoms with E-state index in [1.807, 2.05) is 31.2 Å². The van der Waals surface area contributed by atoms with Crippen LogP contribution in [0, 0.1) is 0 Å². The first-order chi connectivity index (χ1) is 13.1. The van der Waals surface area contributed by atoms with E-state index >= 15 is 0 Å². The predicted molar refractivity (Wildman–Crippen MR) is 102 cm³/mol. The summed E-state index contributed by atoms with van der Waals surface area (Å²) < 4.78 is 10.8. The summed E-state index contributed by atoms with van der Waals surface area (Å²) in [7, 11) is 0. The van der Waals surface area contributed by atoms with Crippen molar-refractivity contribution < 1.29 is 19.1 Å². The van der Waals surface area contributed by atoms with Crippen LogP contribution in [-0.4, -0.2) is 25.1 Å². The molecule has 5 nitrogen and oxygen atoms in total. The highest BCUT2D eigenvalue weighted by Gasteiger charge is 2.42. The minimum Gasteiger partial charge on any atom is -0.494 e. The molecule has 27 heavy (non-hydrogen) atoms. The molecule has 2 aliphatic heterocycles. The van der Waals surface area contributed by atoms with Crippen LogP contribution in [0.1, 0.15) is 24.8 Å². The number of rotatable bonds is 4. The molecule has 0 spiro atoms. The number of benzene rings is 2. The van der Waals surface area contributed by atoms with Crippen molar-refractivity contribution in [1.82, 2.24) is 0 Å². The number of hydrogen-bond acceptors (Lipinski definition) is 4. The maximum Gasteiger partial charge on any atom is 0.336 e. The monoisotopic (exact) mass is 383 g/mol. The highest BCUT2D eigenvalue weighted by atomic mass is 35.5. The van der Waals surface area contributed by atoms with Gasteiger partial charge < -0.3 is 9.47 Å². The van der Waals surface area contributed by atoms with Crippen LogP contribution >= 0.6 is 11.6 Å². The molecule has 2 aliphatic rings. The van der Waals surface area contributed by atoms with Crippen LogP contribution < -0.4 is 9.64 Å². The van der Waals surface area contributed by atoms with Crippen LogP contribution in [0.25, 0.3) is 0 Å². The van der Waals surface area contributed by atoms with Crippen LogP contribution in [0.15, 0.2) is 59.8 Å². The minimum absolute atomic E-state index is 0.0757. The number of nitrogens with zero attached hydrogens (tertiary/aromatic N) is 1. The van der Waals surface area contributed by atoms with E-state index in [2.05, 4.69) is 0 Å². The molecule has 138 valence electrons. The average molecular weight is 384 g/mol. The Morgan fingerprint density at radius 2 is 1.81 bits per heavy atom. The first kappa shape index (κ1) is 17.6. The minimum atomic E-state index is -0.365. The molecule has 1 amide bonds. The predicted octanol–water partition coefficient (Wildman–Crippen LogP) is 4.07. The summed E-state index contributed by atoms with van der Waals surface area (Å²) in [5.74, 6) is -0.000268. The summed E-state index contributed by atoms with van der Waals surface area (Å²) in [6.45, 7) is 2.60. The number of halogens is 1. The summed E-state index contributed by atoms with van der Waals surface area (Å²) in [6, 6.07) is 14.5. The molecule has 2 aromatic rings. The van der Waals surface area contributed by atoms with Gasteiger partial charge >= 0.3 is 5.97 Å². The smallest absolute Gasteiger partial charge is 0.336 e. The van der Waals surface area contributed by atoms with E-state index in [1.54, 1.807) is 29.2 Å². The number of hydrogen-bond donors (Lipinski definition) is 0. The van der Waals surface area contributed by atoms with Crippen LogP contribution in [0.4, 0.5) is 5.69 Å². The van der Waals surface area contributed by atoms with Crippen LogP contribution in [0.2, 0.25) is 5.02 Å². The maximum atomic E-state index is 12.9. The maximum absolute atomic E-state index is 12.9. The Morgan fingerprint density at radius 1 is 1.11 bits per heavy atom. The van der Waals surface area contributed by atoms with E-state index in [0.717, 1.165) is 11.3 Å². The first-order valence-electron chi connectivity index (χ1n) is 8.80.